The summed E-state index contributed by atoms with van der Waals surface area (Å²) in [6.07, 6.45) is -3.51. The number of carbonyl (C=O) groups is 2. The summed E-state index contributed by atoms with van der Waals surface area (Å²) in [6.45, 7) is 2.65. The molecular formula is C25H21BrF3NO5. The molecule has 0 saturated carbocycles. The summed E-state index contributed by atoms with van der Waals surface area (Å²) in [5.41, 5.74) is -4.28. The van der Waals surface area contributed by atoms with E-state index in [1.54, 1.807) is 30.3 Å². The normalized spacial score (nSPS) is 21.3. The van der Waals surface area contributed by atoms with Crippen molar-refractivity contribution in [1.82, 2.24) is 4.90 Å². The fourth-order valence-corrected chi connectivity index (χ4v) is 4.49. The van der Waals surface area contributed by atoms with Gasteiger partial charge in [0.15, 0.2) is 6.23 Å². The van der Waals surface area contributed by atoms with E-state index in [4.69, 9.17) is 14.2 Å². The van der Waals surface area contributed by atoms with Crippen LogP contribution in [0, 0.1) is 0 Å². The van der Waals surface area contributed by atoms with Crippen LogP contribution in [0.15, 0.2) is 70.5 Å². The number of hydrogen-bond donors (Lipinski definition) is 0. The van der Waals surface area contributed by atoms with Crippen molar-refractivity contribution in [3.8, 4) is 0 Å². The summed E-state index contributed by atoms with van der Waals surface area (Å²) in [5, 5.41) is 0. The van der Waals surface area contributed by atoms with Crippen LogP contribution in [0.1, 0.15) is 36.8 Å². The standard InChI is InChI=1S/C25H21BrF3NO5/c1-3-33-22(31)19-20(23(32)34-4-2)30-14-13-15-7-5-6-8-18(15)21(30)35-24(19,25(27,28)29)16-9-11-17(26)12-10-16/h5-14,21H,3-4H2,1-2H3/t21-,24+/m0/s1. The fraction of sp³-hybridized carbons (Fsp3) is 0.280. The first-order chi connectivity index (χ1) is 16.7. The van der Waals surface area contributed by atoms with Gasteiger partial charge in [0, 0.05) is 16.2 Å². The molecule has 0 aromatic heterocycles. The minimum atomic E-state index is -5.16. The average molecular weight is 552 g/mol. The molecule has 184 valence electrons. The van der Waals surface area contributed by atoms with Crippen LogP contribution >= 0.6 is 15.9 Å². The Hall–Kier alpha value is -3.11. The highest BCUT2D eigenvalue weighted by molar-refractivity contribution is 9.10. The summed E-state index contributed by atoms with van der Waals surface area (Å²) >= 11 is 3.22. The Balaban J connectivity index is 2.12. The predicted octanol–water partition coefficient (Wildman–Crippen LogP) is 5.60. The van der Waals surface area contributed by atoms with Crippen molar-refractivity contribution in [3.63, 3.8) is 0 Å². The monoisotopic (exact) mass is 551 g/mol. The fourth-order valence-electron chi connectivity index (χ4n) is 4.23. The second-order valence-corrected chi connectivity index (χ2v) is 8.59. The van der Waals surface area contributed by atoms with E-state index in [-0.39, 0.29) is 18.8 Å². The van der Waals surface area contributed by atoms with Crippen molar-refractivity contribution < 1.29 is 37.0 Å². The summed E-state index contributed by atoms with van der Waals surface area (Å²) < 4.78 is 62.3. The molecule has 0 radical (unpaired) electrons. The zero-order valence-corrected chi connectivity index (χ0v) is 20.4. The topological polar surface area (TPSA) is 65.1 Å². The van der Waals surface area contributed by atoms with Crippen LogP contribution in [0.5, 0.6) is 0 Å². The van der Waals surface area contributed by atoms with Gasteiger partial charge < -0.3 is 19.1 Å². The molecule has 0 unspecified atom stereocenters. The van der Waals surface area contributed by atoms with E-state index in [1.807, 2.05) is 0 Å². The molecule has 0 saturated heterocycles. The van der Waals surface area contributed by atoms with Gasteiger partial charge in [-0.05, 0) is 43.2 Å². The molecule has 6 nitrogen and oxygen atoms in total. The van der Waals surface area contributed by atoms with Crippen LogP contribution in [-0.4, -0.2) is 36.2 Å². The molecular weight excluding hydrogens is 531 g/mol. The first-order valence-electron chi connectivity index (χ1n) is 10.8. The second-order valence-electron chi connectivity index (χ2n) is 7.67. The zero-order valence-electron chi connectivity index (χ0n) is 18.8. The minimum absolute atomic E-state index is 0.116. The molecule has 0 amide bonds. The highest BCUT2D eigenvalue weighted by Gasteiger charge is 2.67. The average Bonchev–Trinajstić information content (AvgIpc) is 2.82. The van der Waals surface area contributed by atoms with Crippen LogP contribution in [0.2, 0.25) is 0 Å². The lowest BCUT2D eigenvalue weighted by molar-refractivity contribution is -0.303. The van der Waals surface area contributed by atoms with Gasteiger partial charge in [-0.3, -0.25) is 0 Å². The molecule has 4 rings (SSSR count). The number of alkyl halides is 3. The molecule has 35 heavy (non-hydrogen) atoms. The molecule has 2 aromatic carbocycles. The predicted molar refractivity (Wildman–Crippen MR) is 123 cm³/mol. The van der Waals surface area contributed by atoms with Crippen LogP contribution in [0.3, 0.4) is 0 Å². The summed E-state index contributed by atoms with van der Waals surface area (Å²) in [5.74, 6) is -2.43. The van der Waals surface area contributed by atoms with Gasteiger partial charge in [-0.2, -0.15) is 13.2 Å². The van der Waals surface area contributed by atoms with E-state index in [2.05, 4.69) is 15.9 Å². The van der Waals surface area contributed by atoms with Gasteiger partial charge in [-0.15, -0.1) is 0 Å². The van der Waals surface area contributed by atoms with E-state index < -0.39 is 41.2 Å². The van der Waals surface area contributed by atoms with Crippen molar-refractivity contribution in [2.45, 2.75) is 31.9 Å². The number of halogens is 4. The van der Waals surface area contributed by atoms with Crippen molar-refractivity contribution in [2.75, 3.05) is 13.2 Å². The third-order valence-electron chi connectivity index (χ3n) is 5.66. The SMILES string of the molecule is CCOC(=O)C1=C(C(=O)OCC)[C@](c2ccc(Br)cc2)(C(F)(F)F)O[C@H]2c3ccccc3C=CN12. The molecule has 0 fully saturated rings. The number of fused-ring (bicyclic) bond motifs is 3. The summed E-state index contributed by atoms with van der Waals surface area (Å²) in [4.78, 5) is 27.6. The Labute approximate surface area is 208 Å². The molecule has 2 heterocycles. The number of rotatable bonds is 5. The van der Waals surface area contributed by atoms with Gasteiger partial charge in [-0.1, -0.05) is 52.3 Å². The van der Waals surface area contributed by atoms with Crippen LogP contribution in [-0.2, 0) is 29.4 Å². The lowest BCUT2D eigenvalue weighted by atomic mass is 9.81. The number of carbonyl (C=O) groups excluding carboxylic acids is 2. The van der Waals surface area contributed by atoms with E-state index in [0.29, 0.717) is 15.6 Å². The Bertz CT molecular complexity index is 1210. The number of esters is 2. The number of ether oxygens (including phenoxy) is 3. The number of hydrogen-bond acceptors (Lipinski definition) is 6. The molecule has 2 aromatic rings. The van der Waals surface area contributed by atoms with Crippen LogP contribution < -0.4 is 0 Å². The molecule has 0 spiro atoms. The highest BCUT2D eigenvalue weighted by Crippen LogP contribution is 2.56. The van der Waals surface area contributed by atoms with Crippen molar-refractivity contribution in [1.29, 1.82) is 0 Å². The van der Waals surface area contributed by atoms with Gasteiger partial charge in [0.2, 0.25) is 5.60 Å². The maximum absolute atomic E-state index is 15.2. The molecule has 0 N–H and O–H groups in total. The molecule has 2 atom stereocenters. The minimum Gasteiger partial charge on any atom is -0.462 e. The maximum Gasteiger partial charge on any atom is 0.426 e. The smallest absolute Gasteiger partial charge is 0.426 e. The Morgan fingerprint density at radius 3 is 2.29 bits per heavy atom. The molecule has 10 heteroatoms. The van der Waals surface area contributed by atoms with Gasteiger partial charge in [0.05, 0.1) is 13.2 Å². The molecule has 2 aliphatic rings. The molecule has 2 aliphatic heterocycles. The largest absolute Gasteiger partial charge is 0.462 e. The van der Waals surface area contributed by atoms with Gasteiger partial charge in [-0.25, -0.2) is 9.59 Å². The third-order valence-corrected chi connectivity index (χ3v) is 6.19. The molecule has 0 aliphatic carbocycles. The van der Waals surface area contributed by atoms with E-state index in [1.165, 1.54) is 49.2 Å². The maximum atomic E-state index is 15.2. The van der Waals surface area contributed by atoms with Crippen molar-refractivity contribution in [2.24, 2.45) is 0 Å². The van der Waals surface area contributed by atoms with E-state index >= 15 is 13.2 Å². The van der Waals surface area contributed by atoms with Crippen LogP contribution in [0.25, 0.3) is 6.08 Å². The van der Waals surface area contributed by atoms with E-state index in [0.717, 1.165) is 0 Å². The Kier molecular flexibility index (Phi) is 6.79. The summed E-state index contributed by atoms with van der Waals surface area (Å²) in [7, 11) is 0. The zero-order chi connectivity index (χ0) is 25.4. The quantitative estimate of drug-likeness (QED) is 0.450. The first kappa shape index (κ1) is 25.0. The van der Waals surface area contributed by atoms with Gasteiger partial charge in [0.25, 0.3) is 0 Å². The third kappa shape index (κ3) is 4.14. The highest BCUT2D eigenvalue weighted by atomic mass is 79.9. The number of nitrogens with zero attached hydrogens (tertiary/aromatic N) is 1. The van der Waals surface area contributed by atoms with Crippen molar-refractivity contribution >= 4 is 33.9 Å². The van der Waals surface area contributed by atoms with Crippen molar-refractivity contribution in [3.05, 3.63) is 87.2 Å². The van der Waals surface area contributed by atoms with Gasteiger partial charge in [0.1, 0.15) is 11.3 Å². The first-order valence-corrected chi connectivity index (χ1v) is 11.6. The molecule has 0 bridgehead atoms. The Morgan fingerprint density at radius 1 is 1.03 bits per heavy atom. The lowest BCUT2D eigenvalue weighted by Crippen LogP contribution is -2.56. The number of benzene rings is 2. The van der Waals surface area contributed by atoms with E-state index in [9.17, 15) is 9.59 Å². The van der Waals surface area contributed by atoms with Gasteiger partial charge >= 0.3 is 18.1 Å². The lowest BCUT2D eigenvalue weighted by Gasteiger charge is -2.49. The summed E-state index contributed by atoms with van der Waals surface area (Å²) in [6, 6.07) is 11.9. The second kappa shape index (κ2) is 9.50. The van der Waals surface area contributed by atoms with Crippen LogP contribution in [0.4, 0.5) is 13.2 Å². The Morgan fingerprint density at radius 2 is 1.66 bits per heavy atom.